The Hall–Kier alpha value is -2.74. The van der Waals surface area contributed by atoms with E-state index >= 15 is 0 Å². The molecule has 1 unspecified atom stereocenters. The van der Waals surface area contributed by atoms with Gasteiger partial charge in [-0.05, 0) is 69.6 Å². The third kappa shape index (κ3) is 12.2. The minimum Gasteiger partial charge on any atom is -0.396 e. The Morgan fingerprint density at radius 1 is 0.898 bits per heavy atom. The second kappa shape index (κ2) is 19.0. The van der Waals surface area contributed by atoms with Crippen LogP contribution in [0.25, 0.3) is 0 Å². The molecule has 3 aliphatic rings. The van der Waals surface area contributed by atoms with Crippen molar-refractivity contribution in [1.82, 2.24) is 20.9 Å². The Labute approximate surface area is 292 Å². The number of hydrogen-bond acceptors (Lipinski definition) is 8. The number of nitrogens with two attached hydrogens (primary N) is 1. The quantitative estimate of drug-likeness (QED) is 0.126. The number of Topliss-reactive ketones (excluding diaryl/α,β-unsaturated/α-hetero) is 1. The predicted molar refractivity (Wildman–Crippen MR) is 187 cm³/mol. The number of hydrogen-bond donors (Lipinski definition) is 5. The molecule has 0 aliphatic heterocycles. The summed E-state index contributed by atoms with van der Waals surface area (Å²) in [6.07, 6.45) is 11.1. The number of amides is 5. The van der Waals surface area contributed by atoms with Crippen LogP contribution in [0.15, 0.2) is 0 Å². The molecular formula is C35H61N5O8S. The van der Waals surface area contributed by atoms with Gasteiger partial charge in [-0.2, -0.15) is 0 Å². The Morgan fingerprint density at radius 3 is 2.06 bits per heavy atom. The van der Waals surface area contributed by atoms with Gasteiger partial charge in [0.05, 0.1) is 23.1 Å². The van der Waals surface area contributed by atoms with Crippen LogP contribution in [0.5, 0.6) is 0 Å². The summed E-state index contributed by atoms with van der Waals surface area (Å²) in [5.74, 6) is -3.14. The summed E-state index contributed by atoms with van der Waals surface area (Å²) in [4.78, 5) is 67.8. The van der Waals surface area contributed by atoms with Crippen molar-refractivity contribution in [2.24, 2.45) is 23.5 Å². The number of sulfone groups is 1. The highest BCUT2D eigenvalue weighted by Gasteiger charge is 2.42. The SMILES string of the molecule is CCN(C(=O)[C@@H](NC(=O)NC1(CS(=O)(=O)CCC(C)C)CCCCC1)C1CCCCC1)[C@@H](CCO)C(=O)NC(CC1CCC1)C(=O)C(N)=O. The van der Waals surface area contributed by atoms with Gasteiger partial charge in [-0.3, -0.25) is 19.2 Å². The molecule has 0 spiro atoms. The number of ketones is 1. The molecule has 0 aromatic carbocycles. The third-order valence-electron chi connectivity index (χ3n) is 10.7. The lowest BCUT2D eigenvalue weighted by Gasteiger charge is -2.40. The average molecular weight is 712 g/mol. The number of nitrogens with one attached hydrogen (secondary N) is 3. The lowest BCUT2D eigenvalue weighted by Crippen LogP contribution is -2.63. The first kappa shape index (κ1) is 40.7. The molecule has 6 N–H and O–H groups in total. The van der Waals surface area contributed by atoms with Gasteiger partial charge in [-0.25, -0.2) is 13.2 Å². The summed E-state index contributed by atoms with van der Waals surface area (Å²) in [6, 6.07) is -3.91. The van der Waals surface area contributed by atoms with Gasteiger partial charge >= 0.3 is 6.03 Å². The Kier molecular flexibility index (Phi) is 15.8. The van der Waals surface area contributed by atoms with Gasteiger partial charge in [0.2, 0.25) is 17.6 Å². The van der Waals surface area contributed by atoms with Crippen LogP contribution >= 0.6 is 0 Å². The van der Waals surface area contributed by atoms with Crippen LogP contribution < -0.4 is 21.7 Å². The lowest BCUT2D eigenvalue weighted by atomic mass is 9.80. The van der Waals surface area contributed by atoms with E-state index in [1.54, 1.807) is 6.92 Å². The molecule has 0 aromatic rings. The molecule has 49 heavy (non-hydrogen) atoms. The Balaban J connectivity index is 1.84. The monoisotopic (exact) mass is 711 g/mol. The fourth-order valence-corrected chi connectivity index (χ4v) is 9.88. The summed E-state index contributed by atoms with van der Waals surface area (Å²) in [7, 11) is -3.46. The van der Waals surface area contributed by atoms with E-state index in [-0.39, 0.29) is 48.6 Å². The number of likely N-dealkylation sites (N-methyl/N-ethyl adjacent to an activating group) is 1. The zero-order chi connectivity index (χ0) is 36.2. The standard InChI is InChI=1S/C35H61N5O8S/c1-4-40(28(16-20-41)32(44)37-27(30(42)31(36)43)22-25-12-11-13-25)33(45)29(26-14-7-5-8-15-26)38-34(46)39-35(18-9-6-10-19-35)23-49(47,48)21-17-24(2)3/h24-29,41H,4-23H2,1-3H3,(H2,36,43)(H,37,44)(H2,38,39,46)/t27?,28-,29-/m0/s1. The van der Waals surface area contributed by atoms with Gasteiger partial charge in [-0.1, -0.05) is 71.6 Å². The van der Waals surface area contributed by atoms with Crippen LogP contribution in [0.1, 0.15) is 124 Å². The van der Waals surface area contributed by atoms with E-state index in [9.17, 15) is 37.5 Å². The third-order valence-corrected chi connectivity index (χ3v) is 12.6. The fourth-order valence-electron chi connectivity index (χ4n) is 7.70. The first-order valence-corrected chi connectivity index (χ1v) is 20.4. The number of carbonyl (C=O) groups is 5. The number of rotatable bonds is 19. The summed E-state index contributed by atoms with van der Waals surface area (Å²) >= 11 is 0. The second-order valence-electron chi connectivity index (χ2n) is 15.1. The molecule has 13 nitrogen and oxygen atoms in total. The predicted octanol–water partition coefficient (Wildman–Crippen LogP) is 2.73. The zero-order valence-corrected chi connectivity index (χ0v) is 30.7. The molecule has 14 heteroatoms. The lowest BCUT2D eigenvalue weighted by molar-refractivity contribution is -0.145. The van der Waals surface area contributed by atoms with Crippen LogP contribution in [0.3, 0.4) is 0 Å². The molecule has 5 amide bonds. The van der Waals surface area contributed by atoms with E-state index in [0.717, 1.165) is 57.8 Å². The number of primary amides is 1. The van der Waals surface area contributed by atoms with Crippen molar-refractivity contribution in [3.05, 3.63) is 0 Å². The summed E-state index contributed by atoms with van der Waals surface area (Å²) in [6.45, 7) is 5.31. The van der Waals surface area contributed by atoms with E-state index in [1.807, 2.05) is 13.8 Å². The minimum atomic E-state index is -3.46. The number of nitrogens with zero attached hydrogens (tertiary/aromatic N) is 1. The normalized spacial score (nSPS) is 20.3. The largest absolute Gasteiger partial charge is 0.396 e. The van der Waals surface area contributed by atoms with Gasteiger partial charge < -0.3 is 31.7 Å². The molecule has 0 saturated heterocycles. The highest BCUT2D eigenvalue weighted by atomic mass is 32.2. The van der Waals surface area contributed by atoms with Crippen LogP contribution in [-0.2, 0) is 29.0 Å². The zero-order valence-electron chi connectivity index (χ0n) is 29.8. The van der Waals surface area contributed by atoms with Crippen LogP contribution in [0, 0.1) is 17.8 Å². The summed E-state index contributed by atoms with van der Waals surface area (Å²) in [5.41, 5.74) is 4.36. The maximum Gasteiger partial charge on any atom is 0.315 e. The van der Waals surface area contributed by atoms with E-state index in [2.05, 4.69) is 16.0 Å². The van der Waals surface area contributed by atoms with Gasteiger partial charge in [0.15, 0.2) is 9.84 Å². The Morgan fingerprint density at radius 2 is 1.53 bits per heavy atom. The molecule has 0 aromatic heterocycles. The fraction of sp³-hybridized carbons (Fsp3) is 0.857. The smallest absolute Gasteiger partial charge is 0.315 e. The molecule has 3 aliphatic carbocycles. The molecule has 3 fully saturated rings. The van der Waals surface area contributed by atoms with Crippen molar-refractivity contribution in [3.8, 4) is 0 Å². The second-order valence-corrected chi connectivity index (χ2v) is 17.2. The highest BCUT2D eigenvalue weighted by molar-refractivity contribution is 7.91. The average Bonchev–Trinajstić information content (AvgIpc) is 3.03. The molecule has 3 atom stereocenters. The number of urea groups is 1. The van der Waals surface area contributed by atoms with Crippen LogP contribution in [0.2, 0.25) is 0 Å². The van der Waals surface area contributed by atoms with E-state index in [0.29, 0.717) is 32.1 Å². The summed E-state index contributed by atoms with van der Waals surface area (Å²) in [5, 5.41) is 18.5. The number of aliphatic hydroxyl groups is 1. The molecule has 3 saturated carbocycles. The van der Waals surface area contributed by atoms with E-state index in [1.165, 1.54) is 4.90 Å². The molecular weight excluding hydrogens is 650 g/mol. The van der Waals surface area contributed by atoms with Crippen LogP contribution in [-0.4, -0.2) is 96.3 Å². The molecule has 0 heterocycles. The van der Waals surface area contributed by atoms with Gasteiger partial charge in [0.25, 0.3) is 5.91 Å². The summed E-state index contributed by atoms with van der Waals surface area (Å²) < 4.78 is 26.4. The minimum absolute atomic E-state index is 0.0468. The number of aliphatic hydroxyl groups excluding tert-OH is 1. The number of carbonyl (C=O) groups excluding carboxylic acids is 5. The van der Waals surface area contributed by atoms with E-state index in [4.69, 9.17) is 5.73 Å². The van der Waals surface area contributed by atoms with Gasteiger partial charge in [0, 0.05) is 13.2 Å². The van der Waals surface area contributed by atoms with Gasteiger partial charge in [-0.15, -0.1) is 0 Å². The first-order valence-electron chi connectivity index (χ1n) is 18.5. The van der Waals surface area contributed by atoms with Crippen molar-refractivity contribution in [1.29, 1.82) is 0 Å². The van der Waals surface area contributed by atoms with Crippen molar-refractivity contribution in [2.75, 3.05) is 24.7 Å². The molecule has 3 rings (SSSR count). The van der Waals surface area contributed by atoms with Crippen molar-refractivity contribution < 1.29 is 37.5 Å². The van der Waals surface area contributed by atoms with Gasteiger partial charge in [0.1, 0.15) is 12.1 Å². The first-order chi connectivity index (χ1) is 23.2. The molecule has 0 radical (unpaired) electrons. The van der Waals surface area contributed by atoms with Crippen molar-refractivity contribution >= 4 is 39.4 Å². The molecule has 280 valence electrons. The maximum atomic E-state index is 14.4. The van der Waals surface area contributed by atoms with Crippen molar-refractivity contribution in [3.63, 3.8) is 0 Å². The Bertz CT molecular complexity index is 1240. The van der Waals surface area contributed by atoms with Crippen LogP contribution in [0.4, 0.5) is 4.79 Å². The topological polar surface area (TPSA) is 205 Å². The maximum absolute atomic E-state index is 14.4. The molecule has 0 bridgehead atoms. The highest BCUT2D eigenvalue weighted by Crippen LogP contribution is 2.32. The van der Waals surface area contributed by atoms with E-state index < -0.39 is 69.6 Å². The van der Waals surface area contributed by atoms with Crippen molar-refractivity contribution in [2.45, 2.75) is 147 Å².